The van der Waals surface area contributed by atoms with Crippen LogP contribution < -0.4 is 0 Å². The van der Waals surface area contributed by atoms with Gasteiger partial charge in [0, 0.05) is 23.1 Å². The van der Waals surface area contributed by atoms with E-state index in [-0.39, 0.29) is 0 Å². The van der Waals surface area contributed by atoms with Crippen LogP contribution in [0, 0.1) is 0 Å². The Bertz CT molecular complexity index is 1050. The lowest BCUT2D eigenvalue weighted by molar-refractivity contribution is 0.140. The van der Waals surface area contributed by atoms with Gasteiger partial charge in [-0.05, 0) is 26.2 Å². The summed E-state index contributed by atoms with van der Waals surface area (Å²) in [6, 6.07) is 14.3. The van der Waals surface area contributed by atoms with Crippen LogP contribution in [0.2, 0.25) is 0 Å². The largest absolute Gasteiger partial charge is 0.387 e. The second-order valence-corrected chi connectivity index (χ2v) is 8.08. The number of fused-ring (bicyclic) bond motifs is 5. The van der Waals surface area contributed by atoms with Crippen LogP contribution in [0.5, 0.6) is 0 Å². The van der Waals surface area contributed by atoms with Gasteiger partial charge >= 0.3 is 0 Å². The standard InChI is InChI=1S/C18H18N2O3S/c1-19(2)11-15(21)17-12-7-3-5-9-14(12)20-18(17)13-8-4-6-10-16(13)24(20,22)23/h3-10,15,21H,11H2,1-2H3. The Labute approximate surface area is 140 Å². The number of likely N-dealkylation sites (N-methyl/N-ethyl adjacent to an activating group) is 1. The van der Waals surface area contributed by atoms with Crippen LogP contribution in [0.25, 0.3) is 22.2 Å². The van der Waals surface area contributed by atoms with Gasteiger partial charge in [-0.15, -0.1) is 0 Å². The molecule has 2 heterocycles. The molecule has 0 amide bonds. The van der Waals surface area contributed by atoms with E-state index < -0.39 is 16.1 Å². The maximum atomic E-state index is 13.0. The minimum Gasteiger partial charge on any atom is -0.387 e. The molecule has 124 valence electrons. The molecule has 1 aliphatic rings. The number of para-hydroxylation sites is 1. The Hall–Kier alpha value is -2.15. The highest BCUT2D eigenvalue weighted by Crippen LogP contribution is 2.46. The fourth-order valence-electron chi connectivity index (χ4n) is 3.50. The zero-order valence-corrected chi connectivity index (χ0v) is 14.3. The Morgan fingerprint density at radius 3 is 2.50 bits per heavy atom. The summed E-state index contributed by atoms with van der Waals surface area (Å²) >= 11 is 0. The van der Waals surface area contributed by atoms with Crippen molar-refractivity contribution in [3.63, 3.8) is 0 Å². The van der Waals surface area contributed by atoms with E-state index in [1.165, 1.54) is 3.97 Å². The maximum Gasteiger partial charge on any atom is 0.269 e. The van der Waals surface area contributed by atoms with Gasteiger partial charge in [0.25, 0.3) is 10.0 Å². The van der Waals surface area contributed by atoms with Crippen LogP contribution in [-0.4, -0.2) is 43.0 Å². The predicted octanol–water partition coefficient (Wildman–Crippen LogP) is 2.45. The van der Waals surface area contributed by atoms with Crippen molar-refractivity contribution in [1.29, 1.82) is 0 Å². The molecule has 3 aromatic rings. The van der Waals surface area contributed by atoms with Crippen LogP contribution >= 0.6 is 0 Å². The lowest BCUT2D eigenvalue weighted by atomic mass is 10.0. The Kier molecular flexibility index (Phi) is 3.32. The van der Waals surface area contributed by atoms with E-state index in [9.17, 15) is 13.5 Å². The molecule has 6 heteroatoms. The Morgan fingerprint density at radius 2 is 1.75 bits per heavy atom. The molecule has 1 aliphatic heterocycles. The quantitative estimate of drug-likeness (QED) is 0.621. The second kappa shape index (κ2) is 5.17. The highest BCUT2D eigenvalue weighted by Gasteiger charge is 2.38. The first kappa shape index (κ1) is 15.4. The van der Waals surface area contributed by atoms with Crippen LogP contribution in [0.15, 0.2) is 53.4 Å². The van der Waals surface area contributed by atoms with E-state index in [0.29, 0.717) is 33.8 Å². The van der Waals surface area contributed by atoms with Gasteiger partial charge in [0.15, 0.2) is 0 Å². The lowest BCUT2D eigenvalue weighted by Crippen LogP contribution is -2.20. The third-order valence-electron chi connectivity index (χ3n) is 4.40. The monoisotopic (exact) mass is 342 g/mol. The summed E-state index contributed by atoms with van der Waals surface area (Å²) < 4.78 is 27.4. The van der Waals surface area contributed by atoms with E-state index in [2.05, 4.69) is 0 Å². The number of rotatable bonds is 3. The molecule has 1 aromatic heterocycles. The number of aliphatic hydroxyl groups excluding tert-OH is 1. The molecular formula is C18H18N2O3S. The maximum absolute atomic E-state index is 13.0. The molecular weight excluding hydrogens is 324 g/mol. The third kappa shape index (κ3) is 1.97. The summed E-state index contributed by atoms with van der Waals surface area (Å²) in [6.45, 7) is 0.420. The molecule has 0 saturated carbocycles. The summed E-state index contributed by atoms with van der Waals surface area (Å²) in [5, 5.41) is 11.6. The van der Waals surface area contributed by atoms with Crippen LogP contribution in [-0.2, 0) is 10.0 Å². The molecule has 24 heavy (non-hydrogen) atoms. The molecule has 2 aromatic carbocycles. The van der Waals surface area contributed by atoms with Gasteiger partial charge in [0.1, 0.15) is 0 Å². The minimum absolute atomic E-state index is 0.295. The van der Waals surface area contributed by atoms with Crippen molar-refractivity contribution < 1.29 is 13.5 Å². The molecule has 0 aliphatic carbocycles. The molecule has 0 spiro atoms. The van der Waals surface area contributed by atoms with Crippen molar-refractivity contribution in [3.05, 3.63) is 54.1 Å². The third-order valence-corrected chi connectivity index (χ3v) is 6.17. The van der Waals surface area contributed by atoms with E-state index in [1.54, 1.807) is 24.3 Å². The van der Waals surface area contributed by atoms with E-state index in [1.807, 2.05) is 43.3 Å². The molecule has 4 rings (SSSR count). The number of hydrogen-bond acceptors (Lipinski definition) is 4. The number of benzene rings is 2. The molecule has 1 atom stereocenters. The van der Waals surface area contributed by atoms with Crippen molar-refractivity contribution in [2.75, 3.05) is 20.6 Å². The smallest absolute Gasteiger partial charge is 0.269 e. The fraction of sp³-hybridized carbons (Fsp3) is 0.222. The average molecular weight is 342 g/mol. The molecule has 0 saturated heterocycles. The normalized spacial score (nSPS) is 16.3. The van der Waals surface area contributed by atoms with Crippen LogP contribution in [0.3, 0.4) is 0 Å². The van der Waals surface area contributed by atoms with Gasteiger partial charge in [-0.2, -0.15) is 0 Å². The first-order valence-electron chi connectivity index (χ1n) is 7.74. The predicted molar refractivity (Wildman–Crippen MR) is 93.5 cm³/mol. The topological polar surface area (TPSA) is 62.5 Å². The fourth-order valence-corrected chi connectivity index (χ4v) is 5.25. The van der Waals surface area contributed by atoms with Crippen molar-refractivity contribution in [1.82, 2.24) is 8.87 Å². The van der Waals surface area contributed by atoms with Crippen LogP contribution in [0.1, 0.15) is 11.7 Å². The molecule has 1 unspecified atom stereocenters. The van der Waals surface area contributed by atoms with Gasteiger partial charge in [-0.3, -0.25) is 0 Å². The SMILES string of the molecule is CN(C)CC(O)c1c2n(c3ccccc13)S(=O)(=O)c1ccccc1-2. The summed E-state index contributed by atoms with van der Waals surface area (Å²) in [5.41, 5.74) is 2.52. The molecule has 0 radical (unpaired) electrons. The van der Waals surface area contributed by atoms with Crippen molar-refractivity contribution in [2.45, 2.75) is 11.0 Å². The minimum atomic E-state index is -3.64. The molecule has 0 fully saturated rings. The summed E-state index contributed by atoms with van der Waals surface area (Å²) in [4.78, 5) is 2.18. The van der Waals surface area contributed by atoms with Crippen molar-refractivity contribution in [2.24, 2.45) is 0 Å². The van der Waals surface area contributed by atoms with Crippen LogP contribution in [0.4, 0.5) is 0 Å². The lowest BCUT2D eigenvalue weighted by Gasteiger charge is -2.17. The highest BCUT2D eigenvalue weighted by molar-refractivity contribution is 7.90. The van der Waals surface area contributed by atoms with Gasteiger partial charge in [0.2, 0.25) is 0 Å². The first-order valence-corrected chi connectivity index (χ1v) is 9.18. The van der Waals surface area contributed by atoms with Crippen molar-refractivity contribution in [3.8, 4) is 11.3 Å². The summed E-state index contributed by atoms with van der Waals surface area (Å²) in [5.74, 6) is 0. The summed E-state index contributed by atoms with van der Waals surface area (Å²) in [7, 11) is 0.122. The Morgan fingerprint density at radius 1 is 1.08 bits per heavy atom. The van der Waals surface area contributed by atoms with Gasteiger partial charge in [-0.1, -0.05) is 36.4 Å². The van der Waals surface area contributed by atoms with E-state index in [0.717, 1.165) is 5.39 Å². The number of aliphatic hydroxyl groups is 1. The molecule has 0 bridgehead atoms. The van der Waals surface area contributed by atoms with Gasteiger partial charge in [0.05, 0.1) is 22.2 Å². The molecule has 1 N–H and O–H groups in total. The zero-order valence-electron chi connectivity index (χ0n) is 13.5. The Balaban J connectivity index is 2.14. The van der Waals surface area contributed by atoms with E-state index >= 15 is 0 Å². The van der Waals surface area contributed by atoms with Gasteiger partial charge < -0.3 is 10.0 Å². The van der Waals surface area contributed by atoms with Crippen molar-refractivity contribution >= 4 is 20.9 Å². The molecule has 5 nitrogen and oxygen atoms in total. The number of hydrogen-bond donors (Lipinski definition) is 1. The summed E-state index contributed by atoms with van der Waals surface area (Å²) in [6.07, 6.45) is -0.775. The second-order valence-electron chi connectivity index (χ2n) is 6.32. The zero-order chi connectivity index (χ0) is 17.1. The highest BCUT2D eigenvalue weighted by atomic mass is 32.2. The first-order chi connectivity index (χ1) is 11.4. The average Bonchev–Trinajstić information content (AvgIpc) is 3.00. The number of aromatic nitrogens is 1. The van der Waals surface area contributed by atoms with Gasteiger partial charge in [-0.25, -0.2) is 12.4 Å². The number of nitrogens with zero attached hydrogens (tertiary/aromatic N) is 2. The van der Waals surface area contributed by atoms with E-state index in [4.69, 9.17) is 0 Å².